The number of hydrogen-bond donors (Lipinski definition) is 2. The predicted molar refractivity (Wildman–Crippen MR) is 90.5 cm³/mol. The number of para-hydroxylation sites is 2. The van der Waals surface area contributed by atoms with E-state index in [4.69, 9.17) is 14.2 Å². The number of benzene rings is 2. The van der Waals surface area contributed by atoms with Crippen LogP contribution >= 0.6 is 0 Å². The molecule has 3 rings (SSSR count). The van der Waals surface area contributed by atoms with Gasteiger partial charge in [0, 0.05) is 19.5 Å². The van der Waals surface area contributed by atoms with Crippen molar-refractivity contribution in [2.75, 3.05) is 25.8 Å². The molecule has 1 amide bonds. The highest BCUT2D eigenvalue weighted by Crippen LogP contribution is 2.32. The summed E-state index contributed by atoms with van der Waals surface area (Å²) in [6.07, 6.45) is 0.378. The summed E-state index contributed by atoms with van der Waals surface area (Å²) in [5, 5.41) is 6.10. The van der Waals surface area contributed by atoms with Gasteiger partial charge in [0.2, 0.25) is 12.7 Å². The van der Waals surface area contributed by atoms with E-state index in [1.807, 2.05) is 42.5 Å². The van der Waals surface area contributed by atoms with Crippen LogP contribution in [0.1, 0.15) is 12.0 Å². The smallest absolute Gasteiger partial charge is 0.231 e. The van der Waals surface area contributed by atoms with E-state index in [1.165, 1.54) is 0 Å². The highest BCUT2D eigenvalue weighted by Gasteiger charge is 2.13. The van der Waals surface area contributed by atoms with Crippen LogP contribution in [0.25, 0.3) is 0 Å². The van der Waals surface area contributed by atoms with Gasteiger partial charge in [-0.3, -0.25) is 4.79 Å². The number of carbonyl (C=O) groups is 1. The van der Waals surface area contributed by atoms with Gasteiger partial charge in [-0.05, 0) is 29.8 Å². The molecule has 0 spiro atoms. The topological polar surface area (TPSA) is 68.8 Å². The van der Waals surface area contributed by atoms with Gasteiger partial charge in [0.25, 0.3) is 0 Å². The average Bonchev–Trinajstić information content (AvgIpc) is 3.08. The monoisotopic (exact) mass is 328 g/mol. The Labute approximate surface area is 140 Å². The first-order valence-electron chi connectivity index (χ1n) is 7.78. The van der Waals surface area contributed by atoms with Crippen molar-refractivity contribution in [3.8, 4) is 17.2 Å². The van der Waals surface area contributed by atoms with Gasteiger partial charge >= 0.3 is 0 Å². The maximum Gasteiger partial charge on any atom is 0.231 e. The molecule has 1 aliphatic heterocycles. The molecule has 1 heterocycles. The second kappa shape index (κ2) is 7.59. The molecule has 0 aliphatic carbocycles. The van der Waals surface area contributed by atoms with E-state index < -0.39 is 0 Å². The van der Waals surface area contributed by atoms with E-state index in [-0.39, 0.29) is 12.7 Å². The van der Waals surface area contributed by atoms with E-state index in [0.717, 1.165) is 28.5 Å². The van der Waals surface area contributed by atoms with Gasteiger partial charge in [-0.15, -0.1) is 0 Å². The molecule has 0 fully saturated rings. The second-order valence-electron chi connectivity index (χ2n) is 5.34. The van der Waals surface area contributed by atoms with Gasteiger partial charge in [-0.2, -0.15) is 0 Å². The number of fused-ring (bicyclic) bond motifs is 1. The standard InChI is InChI=1S/C18H20N2O4/c1-22-15-5-3-2-4-14(15)19-9-8-18(21)20-11-13-6-7-16-17(10-13)24-12-23-16/h2-7,10,19H,8-9,11-12H2,1H3,(H,20,21). The third-order valence-corrected chi connectivity index (χ3v) is 3.70. The summed E-state index contributed by atoms with van der Waals surface area (Å²) in [4.78, 5) is 12.0. The lowest BCUT2D eigenvalue weighted by Crippen LogP contribution is -2.24. The molecule has 0 unspecified atom stereocenters. The predicted octanol–water partition coefficient (Wildman–Crippen LogP) is 2.54. The van der Waals surface area contributed by atoms with Crippen LogP contribution in [-0.4, -0.2) is 26.4 Å². The van der Waals surface area contributed by atoms with Gasteiger partial charge in [-0.1, -0.05) is 18.2 Å². The molecule has 6 nitrogen and oxygen atoms in total. The molecule has 6 heteroatoms. The van der Waals surface area contributed by atoms with Crippen molar-refractivity contribution in [2.45, 2.75) is 13.0 Å². The quantitative estimate of drug-likeness (QED) is 0.817. The SMILES string of the molecule is COc1ccccc1NCCC(=O)NCc1ccc2c(c1)OCO2. The minimum atomic E-state index is -0.0185. The fourth-order valence-corrected chi connectivity index (χ4v) is 2.44. The van der Waals surface area contributed by atoms with Crippen LogP contribution in [0, 0.1) is 0 Å². The van der Waals surface area contributed by atoms with E-state index in [1.54, 1.807) is 7.11 Å². The molecule has 1 aliphatic rings. The van der Waals surface area contributed by atoms with Crippen LogP contribution in [0.15, 0.2) is 42.5 Å². The number of carbonyl (C=O) groups excluding carboxylic acids is 1. The Morgan fingerprint density at radius 1 is 1.17 bits per heavy atom. The van der Waals surface area contributed by atoms with Crippen molar-refractivity contribution in [3.05, 3.63) is 48.0 Å². The van der Waals surface area contributed by atoms with Gasteiger partial charge in [-0.25, -0.2) is 0 Å². The lowest BCUT2D eigenvalue weighted by Gasteiger charge is -2.11. The number of nitrogens with one attached hydrogen (secondary N) is 2. The largest absolute Gasteiger partial charge is 0.495 e. The minimum absolute atomic E-state index is 0.0185. The van der Waals surface area contributed by atoms with Crippen LogP contribution in [0.3, 0.4) is 0 Å². The molecular formula is C18H20N2O4. The molecule has 126 valence electrons. The van der Waals surface area contributed by atoms with Gasteiger partial charge in [0.15, 0.2) is 11.5 Å². The third kappa shape index (κ3) is 3.90. The van der Waals surface area contributed by atoms with Crippen molar-refractivity contribution in [2.24, 2.45) is 0 Å². The maximum atomic E-state index is 12.0. The first kappa shape index (κ1) is 16.0. The summed E-state index contributed by atoms with van der Waals surface area (Å²) in [6, 6.07) is 13.3. The first-order chi connectivity index (χ1) is 11.8. The zero-order valence-electron chi connectivity index (χ0n) is 13.5. The number of ether oxygens (including phenoxy) is 3. The Morgan fingerprint density at radius 2 is 2.00 bits per heavy atom. The van der Waals surface area contributed by atoms with Crippen molar-refractivity contribution in [3.63, 3.8) is 0 Å². The summed E-state index contributed by atoms with van der Waals surface area (Å²) in [6.45, 7) is 1.25. The Bertz CT molecular complexity index is 718. The van der Waals surface area contributed by atoms with Gasteiger partial charge < -0.3 is 24.8 Å². The van der Waals surface area contributed by atoms with Crippen LogP contribution in [0.5, 0.6) is 17.2 Å². The van der Waals surface area contributed by atoms with Crippen molar-refractivity contribution in [1.82, 2.24) is 5.32 Å². The van der Waals surface area contributed by atoms with Crippen molar-refractivity contribution >= 4 is 11.6 Å². The average molecular weight is 328 g/mol. The summed E-state index contributed by atoms with van der Waals surface area (Å²) >= 11 is 0. The Morgan fingerprint density at radius 3 is 2.88 bits per heavy atom. The van der Waals surface area contributed by atoms with E-state index in [2.05, 4.69) is 10.6 Å². The van der Waals surface area contributed by atoms with Crippen LogP contribution < -0.4 is 24.8 Å². The molecule has 2 aromatic rings. The molecule has 0 saturated carbocycles. The Hall–Kier alpha value is -2.89. The zero-order chi connectivity index (χ0) is 16.8. The van der Waals surface area contributed by atoms with Crippen molar-refractivity contribution < 1.29 is 19.0 Å². The number of amides is 1. The molecular weight excluding hydrogens is 308 g/mol. The summed E-state index contributed by atoms with van der Waals surface area (Å²) in [5.41, 5.74) is 1.86. The molecule has 0 aromatic heterocycles. The lowest BCUT2D eigenvalue weighted by atomic mass is 10.2. The molecule has 0 bridgehead atoms. The summed E-state index contributed by atoms with van der Waals surface area (Å²) in [5.74, 6) is 2.21. The Balaban J connectivity index is 1.43. The number of methoxy groups -OCH3 is 1. The molecule has 0 atom stereocenters. The zero-order valence-corrected chi connectivity index (χ0v) is 13.5. The van der Waals surface area contributed by atoms with E-state index in [9.17, 15) is 4.79 Å². The van der Waals surface area contributed by atoms with Gasteiger partial charge in [0.05, 0.1) is 12.8 Å². The van der Waals surface area contributed by atoms with E-state index in [0.29, 0.717) is 19.5 Å². The van der Waals surface area contributed by atoms with E-state index >= 15 is 0 Å². The highest BCUT2D eigenvalue weighted by molar-refractivity contribution is 5.76. The molecule has 2 N–H and O–H groups in total. The third-order valence-electron chi connectivity index (χ3n) is 3.70. The molecule has 2 aromatic carbocycles. The minimum Gasteiger partial charge on any atom is -0.495 e. The number of rotatable bonds is 7. The Kier molecular flexibility index (Phi) is 5.05. The fourth-order valence-electron chi connectivity index (χ4n) is 2.44. The second-order valence-corrected chi connectivity index (χ2v) is 5.34. The summed E-state index contributed by atoms with van der Waals surface area (Å²) in [7, 11) is 1.62. The molecule has 24 heavy (non-hydrogen) atoms. The van der Waals surface area contributed by atoms with Crippen LogP contribution in [0.2, 0.25) is 0 Å². The normalized spacial score (nSPS) is 11.9. The maximum absolute atomic E-state index is 12.0. The highest BCUT2D eigenvalue weighted by atomic mass is 16.7. The van der Waals surface area contributed by atoms with Crippen molar-refractivity contribution in [1.29, 1.82) is 0 Å². The molecule has 0 radical (unpaired) electrons. The van der Waals surface area contributed by atoms with Gasteiger partial charge in [0.1, 0.15) is 5.75 Å². The van der Waals surface area contributed by atoms with Crippen LogP contribution in [-0.2, 0) is 11.3 Å². The summed E-state index contributed by atoms with van der Waals surface area (Å²) < 4.78 is 15.8. The number of hydrogen-bond acceptors (Lipinski definition) is 5. The number of anilines is 1. The van der Waals surface area contributed by atoms with Crippen LogP contribution in [0.4, 0.5) is 5.69 Å². The molecule has 0 saturated heterocycles. The first-order valence-corrected chi connectivity index (χ1v) is 7.78. The fraction of sp³-hybridized carbons (Fsp3) is 0.278. The lowest BCUT2D eigenvalue weighted by molar-refractivity contribution is -0.121.